The molecule has 1 aromatic rings. The van der Waals surface area contributed by atoms with Crippen LogP contribution in [0.25, 0.3) is 0 Å². The van der Waals surface area contributed by atoms with Crippen molar-refractivity contribution in [1.82, 2.24) is 10.2 Å². The predicted molar refractivity (Wildman–Crippen MR) is 79.0 cm³/mol. The number of thiophene rings is 1. The van der Waals surface area contributed by atoms with Gasteiger partial charge in [0.25, 0.3) is 0 Å². The highest BCUT2D eigenvalue weighted by atomic mass is 79.9. The van der Waals surface area contributed by atoms with Gasteiger partial charge in [0.15, 0.2) is 0 Å². The van der Waals surface area contributed by atoms with Crippen molar-refractivity contribution in [1.29, 1.82) is 0 Å². The van der Waals surface area contributed by atoms with Crippen molar-refractivity contribution in [2.24, 2.45) is 0 Å². The van der Waals surface area contributed by atoms with Crippen molar-refractivity contribution in [2.75, 3.05) is 19.6 Å². The minimum absolute atomic E-state index is 0.0415. The number of amides is 1. The maximum Gasteiger partial charge on any atom is 0.223 e. The summed E-state index contributed by atoms with van der Waals surface area (Å²) in [5.74, 6) is 0.272. The van der Waals surface area contributed by atoms with Gasteiger partial charge in [-0.05, 0) is 48.3 Å². The molecule has 5 heteroatoms. The number of nitrogens with zero attached hydrogens (tertiary/aromatic N) is 1. The van der Waals surface area contributed by atoms with Crippen LogP contribution in [-0.2, 0) is 11.2 Å². The van der Waals surface area contributed by atoms with Gasteiger partial charge in [0.1, 0.15) is 0 Å². The molecule has 18 heavy (non-hydrogen) atoms. The van der Waals surface area contributed by atoms with E-state index in [2.05, 4.69) is 41.2 Å². The van der Waals surface area contributed by atoms with Crippen LogP contribution < -0.4 is 5.32 Å². The normalized spacial score (nSPS) is 18.9. The van der Waals surface area contributed by atoms with Gasteiger partial charge in [-0.3, -0.25) is 4.79 Å². The number of rotatable bonds is 3. The standard InChI is InChI=1S/C13H19BrN2OS/c1-13(2)9-16(8-7-15-13)12(17)6-4-10-3-5-11(14)18-10/h3,5,15H,4,6-9H2,1-2H3. The minimum Gasteiger partial charge on any atom is -0.340 e. The lowest BCUT2D eigenvalue weighted by molar-refractivity contribution is -0.133. The maximum atomic E-state index is 12.2. The van der Waals surface area contributed by atoms with Crippen molar-refractivity contribution >= 4 is 33.2 Å². The molecule has 1 amide bonds. The average Bonchev–Trinajstić information content (AvgIpc) is 2.70. The Kier molecular flexibility index (Phi) is 4.45. The molecular formula is C13H19BrN2OS. The summed E-state index contributed by atoms with van der Waals surface area (Å²) in [5.41, 5.74) is 0.0415. The zero-order chi connectivity index (χ0) is 13.2. The third-order valence-electron chi connectivity index (χ3n) is 3.14. The quantitative estimate of drug-likeness (QED) is 0.924. The summed E-state index contributed by atoms with van der Waals surface area (Å²) in [6, 6.07) is 4.13. The molecule has 0 radical (unpaired) electrons. The zero-order valence-corrected chi connectivity index (χ0v) is 13.2. The van der Waals surface area contributed by atoms with E-state index < -0.39 is 0 Å². The molecule has 0 saturated carbocycles. The number of piperazine rings is 1. The van der Waals surface area contributed by atoms with Crippen LogP contribution in [0.2, 0.25) is 0 Å². The molecule has 1 fully saturated rings. The van der Waals surface area contributed by atoms with Crippen molar-refractivity contribution in [3.8, 4) is 0 Å². The molecular weight excluding hydrogens is 312 g/mol. The fourth-order valence-corrected chi connectivity index (χ4v) is 3.71. The zero-order valence-electron chi connectivity index (χ0n) is 10.8. The molecule has 0 aromatic carbocycles. The molecule has 100 valence electrons. The van der Waals surface area contributed by atoms with Crippen LogP contribution in [0.3, 0.4) is 0 Å². The number of carbonyl (C=O) groups excluding carboxylic acids is 1. The van der Waals surface area contributed by atoms with Crippen LogP contribution in [0.5, 0.6) is 0 Å². The molecule has 2 heterocycles. The summed E-state index contributed by atoms with van der Waals surface area (Å²) in [5, 5.41) is 3.42. The summed E-state index contributed by atoms with van der Waals surface area (Å²) in [4.78, 5) is 15.4. The molecule has 1 aliphatic rings. The second-order valence-electron chi connectivity index (χ2n) is 5.33. The summed E-state index contributed by atoms with van der Waals surface area (Å²) >= 11 is 5.16. The van der Waals surface area contributed by atoms with E-state index in [9.17, 15) is 4.79 Å². The van der Waals surface area contributed by atoms with Gasteiger partial charge in [0.2, 0.25) is 5.91 Å². The van der Waals surface area contributed by atoms with Gasteiger partial charge in [-0.15, -0.1) is 11.3 Å². The molecule has 0 atom stereocenters. The summed E-state index contributed by atoms with van der Waals surface area (Å²) in [7, 11) is 0. The highest BCUT2D eigenvalue weighted by molar-refractivity contribution is 9.11. The monoisotopic (exact) mass is 330 g/mol. The molecule has 1 N–H and O–H groups in total. The summed E-state index contributed by atoms with van der Waals surface area (Å²) in [6.07, 6.45) is 1.46. The first kappa shape index (κ1) is 14.0. The first-order chi connectivity index (χ1) is 8.46. The van der Waals surface area contributed by atoms with Gasteiger partial charge < -0.3 is 10.2 Å². The van der Waals surface area contributed by atoms with E-state index in [4.69, 9.17) is 0 Å². The maximum absolute atomic E-state index is 12.2. The number of hydrogen-bond donors (Lipinski definition) is 1. The number of nitrogens with one attached hydrogen (secondary N) is 1. The number of carbonyl (C=O) groups is 1. The lowest BCUT2D eigenvalue weighted by Gasteiger charge is -2.39. The predicted octanol–water partition coefficient (Wildman–Crippen LogP) is 2.65. The Morgan fingerprint density at radius 1 is 1.56 bits per heavy atom. The Balaban J connectivity index is 1.84. The van der Waals surface area contributed by atoms with Crippen LogP contribution in [0.4, 0.5) is 0 Å². The van der Waals surface area contributed by atoms with Crippen molar-refractivity contribution in [3.05, 3.63) is 20.8 Å². The Labute approximate surface area is 121 Å². The summed E-state index contributed by atoms with van der Waals surface area (Å²) < 4.78 is 1.13. The van der Waals surface area contributed by atoms with Crippen LogP contribution in [0.1, 0.15) is 25.1 Å². The van der Waals surface area contributed by atoms with E-state index >= 15 is 0 Å². The molecule has 0 unspecified atom stereocenters. The van der Waals surface area contributed by atoms with E-state index in [1.165, 1.54) is 4.88 Å². The second-order valence-corrected chi connectivity index (χ2v) is 7.88. The number of aryl methyl sites for hydroxylation is 1. The molecule has 1 saturated heterocycles. The molecule has 0 spiro atoms. The van der Waals surface area contributed by atoms with Crippen LogP contribution >= 0.6 is 27.3 Å². The van der Waals surface area contributed by atoms with Gasteiger partial charge in [-0.2, -0.15) is 0 Å². The third-order valence-corrected chi connectivity index (χ3v) is 4.82. The van der Waals surface area contributed by atoms with E-state index in [0.29, 0.717) is 6.42 Å². The summed E-state index contributed by atoms with van der Waals surface area (Å²) in [6.45, 7) is 6.81. The average molecular weight is 331 g/mol. The lowest BCUT2D eigenvalue weighted by Crippen LogP contribution is -2.58. The van der Waals surface area contributed by atoms with Crippen LogP contribution in [-0.4, -0.2) is 36.0 Å². The first-order valence-corrected chi connectivity index (χ1v) is 7.84. The second kappa shape index (κ2) is 5.72. The smallest absolute Gasteiger partial charge is 0.223 e. The van der Waals surface area contributed by atoms with E-state index in [1.54, 1.807) is 11.3 Å². The minimum atomic E-state index is 0.0415. The molecule has 1 aliphatic heterocycles. The fourth-order valence-electron chi connectivity index (χ4n) is 2.23. The highest BCUT2D eigenvalue weighted by Crippen LogP contribution is 2.23. The molecule has 3 nitrogen and oxygen atoms in total. The van der Waals surface area contributed by atoms with Crippen LogP contribution in [0, 0.1) is 0 Å². The molecule has 1 aromatic heterocycles. The fraction of sp³-hybridized carbons (Fsp3) is 0.615. The highest BCUT2D eigenvalue weighted by Gasteiger charge is 2.28. The van der Waals surface area contributed by atoms with Gasteiger partial charge in [0, 0.05) is 36.5 Å². The Morgan fingerprint density at radius 2 is 2.33 bits per heavy atom. The number of halogens is 1. The van der Waals surface area contributed by atoms with E-state index in [0.717, 1.165) is 29.8 Å². The topological polar surface area (TPSA) is 32.3 Å². The Hall–Kier alpha value is -0.390. The van der Waals surface area contributed by atoms with Crippen molar-refractivity contribution < 1.29 is 4.79 Å². The van der Waals surface area contributed by atoms with E-state index in [1.807, 2.05) is 11.0 Å². The van der Waals surface area contributed by atoms with Gasteiger partial charge in [-0.25, -0.2) is 0 Å². The largest absolute Gasteiger partial charge is 0.340 e. The Morgan fingerprint density at radius 3 is 2.94 bits per heavy atom. The molecule has 0 bridgehead atoms. The van der Waals surface area contributed by atoms with Crippen molar-refractivity contribution in [3.63, 3.8) is 0 Å². The Bertz CT molecular complexity index is 430. The third kappa shape index (κ3) is 3.80. The van der Waals surface area contributed by atoms with Gasteiger partial charge in [0.05, 0.1) is 3.79 Å². The van der Waals surface area contributed by atoms with Crippen molar-refractivity contribution in [2.45, 2.75) is 32.2 Å². The van der Waals surface area contributed by atoms with E-state index in [-0.39, 0.29) is 11.4 Å². The molecule has 0 aliphatic carbocycles. The SMILES string of the molecule is CC1(C)CN(C(=O)CCc2ccc(Br)s2)CCN1. The first-order valence-electron chi connectivity index (χ1n) is 6.23. The van der Waals surface area contributed by atoms with Crippen LogP contribution in [0.15, 0.2) is 15.9 Å². The lowest BCUT2D eigenvalue weighted by atomic mass is 10.0. The van der Waals surface area contributed by atoms with Gasteiger partial charge >= 0.3 is 0 Å². The van der Waals surface area contributed by atoms with Gasteiger partial charge in [-0.1, -0.05) is 0 Å². The number of hydrogen-bond acceptors (Lipinski definition) is 3. The molecule has 2 rings (SSSR count).